The largest absolute Gasteiger partial charge is 0.467 e. The molecule has 1 aromatic carbocycles. The van der Waals surface area contributed by atoms with E-state index in [1.165, 1.54) is 16.2 Å². The minimum atomic E-state index is -0.532. The quantitative estimate of drug-likeness (QED) is 0.398. The lowest BCUT2D eigenvalue weighted by Crippen LogP contribution is -3.12. The molecule has 2 heterocycles. The molecule has 0 fully saturated rings. The summed E-state index contributed by atoms with van der Waals surface area (Å²) in [5.41, 5.74) is 2.54. The topological polar surface area (TPSA) is 61.2 Å². The molecule has 0 bridgehead atoms. The molecule has 0 spiro atoms. The van der Waals surface area contributed by atoms with E-state index in [1.807, 2.05) is 18.2 Å². The number of methoxy groups -OCH3 is 1. The van der Waals surface area contributed by atoms with Crippen molar-refractivity contribution >= 4 is 0 Å². The van der Waals surface area contributed by atoms with Gasteiger partial charge in [0.1, 0.15) is 31.6 Å². The first-order valence-corrected chi connectivity index (χ1v) is 10.5. The molecule has 30 heavy (non-hydrogen) atoms. The Labute approximate surface area is 178 Å². The van der Waals surface area contributed by atoms with Crippen LogP contribution >= 0.6 is 0 Å². The fourth-order valence-electron chi connectivity index (χ4n) is 3.61. The van der Waals surface area contributed by atoms with Crippen molar-refractivity contribution in [1.82, 2.24) is 4.57 Å². The van der Waals surface area contributed by atoms with Crippen LogP contribution in [0.2, 0.25) is 0 Å². The van der Waals surface area contributed by atoms with Crippen molar-refractivity contribution in [1.29, 1.82) is 0 Å². The molecule has 162 valence electrons. The van der Waals surface area contributed by atoms with Crippen LogP contribution in [-0.4, -0.2) is 49.2 Å². The van der Waals surface area contributed by atoms with E-state index in [2.05, 4.69) is 47.2 Å². The molecule has 0 saturated carbocycles. The van der Waals surface area contributed by atoms with Crippen LogP contribution < -0.4 is 4.90 Å². The lowest BCUT2D eigenvalue weighted by molar-refractivity contribution is -0.917. The second-order valence-corrected chi connectivity index (χ2v) is 7.59. The number of nitrogens with one attached hydrogen (secondary N) is 1. The molecule has 1 unspecified atom stereocenters. The molecule has 0 amide bonds. The lowest BCUT2D eigenvalue weighted by Gasteiger charge is -2.23. The Kier molecular flexibility index (Phi) is 9.18. The van der Waals surface area contributed by atoms with Crippen LogP contribution in [0.25, 0.3) is 0 Å². The average Bonchev–Trinajstić information content (AvgIpc) is 3.41. The van der Waals surface area contributed by atoms with E-state index in [4.69, 9.17) is 13.9 Å². The summed E-state index contributed by atoms with van der Waals surface area (Å²) in [6.07, 6.45) is 4.17. The van der Waals surface area contributed by atoms with Crippen molar-refractivity contribution in [2.45, 2.75) is 32.2 Å². The highest BCUT2D eigenvalue weighted by Crippen LogP contribution is 2.07. The molecule has 6 nitrogen and oxygen atoms in total. The summed E-state index contributed by atoms with van der Waals surface area (Å²) in [4.78, 5) is 1.31. The summed E-state index contributed by atoms with van der Waals surface area (Å²) in [5.74, 6) is 0.769. The second kappa shape index (κ2) is 12.3. The predicted molar refractivity (Wildman–Crippen MR) is 115 cm³/mol. The molecule has 0 aliphatic rings. The van der Waals surface area contributed by atoms with Gasteiger partial charge in [0.25, 0.3) is 0 Å². The van der Waals surface area contributed by atoms with Gasteiger partial charge in [0, 0.05) is 26.3 Å². The van der Waals surface area contributed by atoms with Crippen LogP contribution in [0.15, 0.2) is 71.5 Å². The zero-order valence-corrected chi connectivity index (χ0v) is 17.7. The van der Waals surface area contributed by atoms with E-state index >= 15 is 0 Å². The zero-order valence-electron chi connectivity index (χ0n) is 17.7. The predicted octanol–water partition coefficient (Wildman–Crippen LogP) is 2.13. The van der Waals surface area contributed by atoms with Crippen molar-refractivity contribution in [2.75, 3.05) is 33.4 Å². The molecular weight excluding hydrogens is 380 g/mol. The average molecular weight is 414 g/mol. The zero-order chi connectivity index (χ0) is 21.0. The van der Waals surface area contributed by atoms with Gasteiger partial charge in [-0.1, -0.05) is 30.3 Å². The Morgan fingerprint density at radius 1 is 1.10 bits per heavy atom. The van der Waals surface area contributed by atoms with Gasteiger partial charge in [0.05, 0.1) is 31.7 Å². The smallest absolute Gasteiger partial charge is 0.129 e. The number of hydrogen-bond donors (Lipinski definition) is 2. The first-order chi connectivity index (χ1) is 14.7. The van der Waals surface area contributed by atoms with E-state index in [9.17, 15) is 5.11 Å². The van der Waals surface area contributed by atoms with Crippen LogP contribution in [-0.2, 0) is 29.2 Å². The van der Waals surface area contributed by atoms with E-state index in [0.29, 0.717) is 19.8 Å². The fourth-order valence-corrected chi connectivity index (χ4v) is 3.61. The van der Waals surface area contributed by atoms with Crippen molar-refractivity contribution in [3.05, 3.63) is 84.1 Å². The third kappa shape index (κ3) is 7.46. The highest BCUT2D eigenvalue weighted by molar-refractivity contribution is 5.17. The lowest BCUT2D eigenvalue weighted by atomic mass is 10.2. The van der Waals surface area contributed by atoms with Gasteiger partial charge in [-0.2, -0.15) is 0 Å². The number of aliphatic hydroxyl groups excluding tert-OH is 1. The summed E-state index contributed by atoms with van der Waals surface area (Å²) < 4.78 is 18.4. The summed E-state index contributed by atoms with van der Waals surface area (Å²) >= 11 is 0. The number of ether oxygens (including phenoxy) is 2. The number of rotatable bonds is 14. The second-order valence-electron chi connectivity index (χ2n) is 7.59. The Bertz CT molecular complexity index is 817. The maximum atomic E-state index is 10.5. The summed E-state index contributed by atoms with van der Waals surface area (Å²) in [7, 11) is 1.72. The van der Waals surface area contributed by atoms with Crippen LogP contribution in [0.1, 0.15) is 23.4 Å². The third-order valence-electron chi connectivity index (χ3n) is 5.09. The SMILES string of the molecule is COCCC[NH+](Cc1cccn1Cc1ccccc1)C[C@@H](O)COCc1ccco1. The standard InChI is InChI=1S/C24H32N2O4/c1-28-14-7-12-25(18-23(27)19-29-20-24-11-6-15-30-24)17-22-10-5-13-26(22)16-21-8-3-2-4-9-21/h2-6,8-11,13,15,23,27H,7,12,14,16-20H2,1H3/p+1/t23-/m1/s1. The number of hydrogen-bond acceptors (Lipinski definition) is 4. The number of quaternary nitrogens is 1. The molecule has 0 aliphatic carbocycles. The van der Waals surface area contributed by atoms with Crippen LogP contribution in [0, 0.1) is 0 Å². The van der Waals surface area contributed by atoms with Gasteiger partial charge in [-0.3, -0.25) is 0 Å². The normalized spacial score (nSPS) is 13.4. The molecule has 2 N–H and O–H groups in total. The van der Waals surface area contributed by atoms with Crippen molar-refractivity contribution in [3.8, 4) is 0 Å². The van der Waals surface area contributed by atoms with Gasteiger partial charge >= 0.3 is 0 Å². The maximum Gasteiger partial charge on any atom is 0.129 e. The Morgan fingerprint density at radius 3 is 2.73 bits per heavy atom. The van der Waals surface area contributed by atoms with Crippen molar-refractivity contribution in [3.63, 3.8) is 0 Å². The first-order valence-electron chi connectivity index (χ1n) is 10.5. The fraction of sp³-hybridized carbons (Fsp3) is 0.417. The number of benzene rings is 1. The third-order valence-corrected chi connectivity index (χ3v) is 5.09. The summed E-state index contributed by atoms with van der Waals surface area (Å²) in [5, 5.41) is 10.5. The monoisotopic (exact) mass is 413 g/mol. The number of furan rings is 1. The van der Waals surface area contributed by atoms with E-state index in [1.54, 1.807) is 13.4 Å². The van der Waals surface area contributed by atoms with E-state index < -0.39 is 6.10 Å². The van der Waals surface area contributed by atoms with E-state index in [-0.39, 0.29) is 0 Å². The maximum absolute atomic E-state index is 10.5. The summed E-state index contributed by atoms with van der Waals surface area (Å²) in [6, 6.07) is 18.4. The highest BCUT2D eigenvalue weighted by Gasteiger charge is 2.18. The number of aromatic nitrogens is 1. The minimum Gasteiger partial charge on any atom is -0.467 e. The van der Waals surface area contributed by atoms with Crippen molar-refractivity contribution in [2.24, 2.45) is 0 Å². The van der Waals surface area contributed by atoms with Gasteiger partial charge in [-0.15, -0.1) is 0 Å². The minimum absolute atomic E-state index is 0.291. The van der Waals surface area contributed by atoms with Gasteiger partial charge in [0.15, 0.2) is 0 Å². The van der Waals surface area contributed by atoms with Crippen LogP contribution in [0.5, 0.6) is 0 Å². The molecule has 0 aliphatic heterocycles. The molecule has 2 atom stereocenters. The number of aliphatic hydroxyl groups is 1. The molecule has 0 radical (unpaired) electrons. The Morgan fingerprint density at radius 2 is 1.97 bits per heavy atom. The van der Waals surface area contributed by atoms with Gasteiger partial charge < -0.3 is 28.5 Å². The molecule has 2 aromatic heterocycles. The number of nitrogens with zero attached hydrogens (tertiary/aromatic N) is 1. The first kappa shape index (κ1) is 22.3. The molecule has 0 saturated heterocycles. The molecule has 3 aromatic rings. The van der Waals surface area contributed by atoms with Gasteiger partial charge in [-0.25, -0.2) is 0 Å². The highest BCUT2D eigenvalue weighted by atomic mass is 16.5. The summed E-state index contributed by atoms with van der Waals surface area (Å²) in [6.45, 7) is 4.64. The van der Waals surface area contributed by atoms with Gasteiger partial charge in [-0.05, 0) is 29.8 Å². The Balaban J connectivity index is 1.54. The van der Waals surface area contributed by atoms with Crippen molar-refractivity contribution < 1.29 is 23.9 Å². The van der Waals surface area contributed by atoms with E-state index in [0.717, 1.165) is 38.4 Å². The molecule has 6 heteroatoms. The van der Waals surface area contributed by atoms with Crippen LogP contribution in [0.4, 0.5) is 0 Å². The molecule has 3 rings (SSSR count). The Hall–Kier alpha value is -2.38. The molecular formula is C24H33N2O4+. The van der Waals surface area contributed by atoms with Gasteiger partial charge in [0.2, 0.25) is 0 Å². The van der Waals surface area contributed by atoms with Crippen LogP contribution in [0.3, 0.4) is 0 Å².